The van der Waals surface area contributed by atoms with Gasteiger partial charge >= 0.3 is 0 Å². The van der Waals surface area contributed by atoms with Gasteiger partial charge in [0.05, 0.1) is 0 Å². The quantitative estimate of drug-likeness (QED) is 0.472. The van der Waals surface area contributed by atoms with E-state index in [2.05, 4.69) is 50.5 Å². The number of halogens is 2. The first-order valence-electron chi connectivity index (χ1n) is 6.44. The Morgan fingerprint density at radius 3 is 2.14 bits per heavy atom. The van der Waals surface area contributed by atoms with Crippen LogP contribution in [0.25, 0.3) is 0 Å². The zero-order valence-electron chi connectivity index (χ0n) is 11.3. The number of benzene rings is 2. The second-order valence-corrected chi connectivity index (χ2v) is 6.10. The summed E-state index contributed by atoms with van der Waals surface area (Å²) in [4.78, 5) is 12.3. The van der Waals surface area contributed by atoms with Crippen LogP contribution in [-0.2, 0) is 15.4 Å². The summed E-state index contributed by atoms with van der Waals surface area (Å²) in [6.45, 7) is 0.500. The van der Waals surface area contributed by atoms with Gasteiger partial charge < -0.3 is 10.4 Å². The number of alkyl halides is 2. The van der Waals surface area contributed by atoms with E-state index >= 15 is 0 Å². The molecule has 0 aromatic heterocycles. The first-order valence-corrected chi connectivity index (χ1v) is 9.49. The van der Waals surface area contributed by atoms with Crippen LogP contribution in [0.1, 0.15) is 27.0 Å². The Labute approximate surface area is 151 Å². The van der Waals surface area contributed by atoms with Crippen LogP contribution in [0, 0.1) is 0 Å². The molecule has 0 aliphatic heterocycles. The van der Waals surface area contributed by atoms with Gasteiger partial charge in [0, 0.05) is 32.1 Å². The van der Waals surface area contributed by atoms with E-state index in [1.165, 1.54) is 0 Å². The first kappa shape index (κ1) is 16.5. The van der Waals surface area contributed by atoms with Gasteiger partial charge in [0.25, 0.3) is 5.91 Å². The highest BCUT2D eigenvalue weighted by Crippen LogP contribution is 2.28. The maximum absolute atomic E-state index is 12.3. The van der Waals surface area contributed by atoms with E-state index < -0.39 is 0 Å². The minimum absolute atomic E-state index is 0.115. The SMILES string of the molecule is O=C(NCc1ccccc1)c1cc(CI)c(O)c(CI)c1. The van der Waals surface area contributed by atoms with Gasteiger partial charge in [-0.05, 0) is 17.7 Å². The lowest BCUT2D eigenvalue weighted by atomic mass is 10.1. The molecule has 110 valence electrons. The number of carbonyl (C=O) groups is 1. The molecule has 2 aromatic rings. The number of carbonyl (C=O) groups excluding carboxylic acids is 1. The van der Waals surface area contributed by atoms with E-state index in [1.807, 2.05) is 30.3 Å². The number of hydrogen-bond acceptors (Lipinski definition) is 2. The zero-order valence-corrected chi connectivity index (χ0v) is 15.6. The highest BCUT2D eigenvalue weighted by atomic mass is 127. The van der Waals surface area contributed by atoms with Crippen molar-refractivity contribution in [1.82, 2.24) is 5.32 Å². The third kappa shape index (κ3) is 4.32. The molecular weight excluding hydrogens is 492 g/mol. The van der Waals surface area contributed by atoms with Gasteiger partial charge in [0.15, 0.2) is 0 Å². The number of rotatable bonds is 5. The van der Waals surface area contributed by atoms with Gasteiger partial charge in [-0.1, -0.05) is 75.5 Å². The van der Waals surface area contributed by atoms with Crippen LogP contribution in [0.2, 0.25) is 0 Å². The fourth-order valence-corrected chi connectivity index (χ4v) is 3.14. The maximum Gasteiger partial charge on any atom is 0.251 e. The molecule has 1 amide bonds. The van der Waals surface area contributed by atoms with Gasteiger partial charge in [-0.2, -0.15) is 0 Å². The monoisotopic (exact) mass is 507 g/mol. The normalized spacial score (nSPS) is 10.4. The number of phenolic OH excluding ortho intramolecular Hbond substituents is 1. The van der Waals surface area contributed by atoms with E-state index in [0.717, 1.165) is 16.7 Å². The van der Waals surface area contributed by atoms with Crippen LogP contribution in [0.4, 0.5) is 0 Å². The van der Waals surface area contributed by atoms with E-state index in [9.17, 15) is 9.90 Å². The van der Waals surface area contributed by atoms with E-state index in [0.29, 0.717) is 26.7 Å². The van der Waals surface area contributed by atoms with Gasteiger partial charge in [-0.15, -0.1) is 0 Å². The van der Waals surface area contributed by atoms with Gasteiger partial charge in [0.1, 0.15) is 5.75 Å². The van der Waals surface area contributed by atoms with Gasteiger partial charge in [-0.25, -0.2) is 0 Å². The van der Waals surface area contributed by atoms with Crippen molar-refractivity contribution in [3.05, 3.63) is 64.7 Å². The molecule has 0 spiro atoms. The molecule has 3 nitrogen and oxygen atoms in total. The molecule has 0 heterocycles. The smallest absolute Gasteiger partial charge is 0.251 e. The summed E-state index contributed by atoms with van der Waals surface area (Å²) in [5.74, 6) is 0.189. The topological polar surface area (TPSA) is 49.3 Å². The van der Waals surface area contributed by atoms with Crippen molar-refractivity contribution >= 4 is 51.1 Å². The molecule has 0 fully saturated rings. The summed E-state index contributed by atoms with van der Waals surface area (Å²) in [6.07, 6.45) is 0. The van der Waals surface area contributed by atoms with Crippen molar-refractivity contribution in [2.45, 2.75) is 15.4 Å². The van der Waals surface area contributed by atoms with Crippen molar-refractivity contribution in [1.29, 1.82) is 0 Å². The van der Waals surface area contributed by atoms with Crippen molar-refractivity contribution < 1.29 is 9.90 Å². The highest BCUT2D eigenvalue weighted by Gasteiger charge is 2.13. The Morgan fingerprint density at radius 1 is 1.05 bits per heavy atom. The molecule has 0 saturated heterocycles. The standard InChI is InChI=1S/C16H15I2NO2/c17-8-13-6-12(7-14(9-18)15(13)20)16(21)19-10-11-4-2-1-3-5-11/h1-7,20H,8-10H2,(H,19,21). The minimum Gasteiger partial charge on any atom is -0.507 e. The molecule has 2 rings (SSSR count). The zero-order chi connectivity index (χ0) is 15.2. The molecule has 0 atom stereocenters. The van der Waals surface area contributed by atoms with Gasteiger partial charge in [-0.3, -0.25) is 4.79 Å². The fraction of sp³-hybridized carbons (Fsp3) is 0.188. The number of aromatic hydroxyl groups is 1. The maximum atomic E-state index is 12.3. The summed E-state index contributed by atoms with van der Waals surface area (Å²) >= 11 is 4.38. The van der Waals surface area contributed by atoms with E-state index in [1.54, 1.807) is 12.1 Å². The van der Waals surface area contributed by atoms with Crippen LogP contribution >= 0.6 is 45.2 Å². The predicted octanol–water partition coefficient (Wildman–Crippen LogP) is 4.19. The lowest BCUT2D eigenvalue weighted by molar-refractivity contribution is 0.0950. The third-order valence-corrected chi connectivity index (χ3v) is 4.76. The number of phenols is 1. The lowest BCUT2D eigenvalue weighted by Crippen LogP contribution is -2.23. The molecule has 21 heavy (non-hydrogen) atoms. The van der Waals surface area contributed by atoms with Gasteiger partial charge in [0.2, 0.25) is 0 Å². The van der Waals surface area contributed by atoms with Crippen molar-refractivity contribution in [3.63, 3.8) is 0 Å². The summed E-state index contributed by atoms with van der Waals surface area (Å²) in [6, 6.07) is 13.3. The molecule has 0 aliphatic rings. The van der Waals surface area contributed by atoms with Crippen LogP contribution in [0.15, 0.2) is 42.5 Å². The third-order valence-electron chi connectivity index (χ3n) is 3.11. The average Bonchev–Trinajstić information content (AvgIpc) is 2.53. The molecule has 2 aromatic carbocycles. The molecule has 0 radical (unpaired) electrons. The number of nitrogens with one attached hydrogen (secondary N) is 1. The molecule has 0 bridgehead atoms. The minimum atomic E-state index is -0.115. The largest absolute Gasteiger partial charge is 0.507 e. The van der Waals surface area contributed by atoms with Crippen molar-refractivity contribution in [2.75, 3.05) is 0 Å². The number of amides is 1. The van der Waals surface area contributed by atoms with Crippen LogP contribution in [-0.4, -0.2) is 11.0 Å². The van der Waals surface area contributed by atoms with Crippen molar-refractivity contribution in [3.8, 4) is 5.75 Å². The lowest BCUT2D eigenvalue weighted by Gasteiger charge is -2.11. The summed E-state index contributed by atoms with van der Waals surface area (Å²) in [5, 5.41) is 13.0. The first-order chi connectivity index (χ1) is 10.2. The molecule has 0 aliphatic carbocycles. The summed E-state index contributed by atoms with van der Waals surface area (Å²) in [7, 11) is 0. The molecular formula is C16H15I2NO2. The summed E-state index contributed by atoms with van der Waals surface area (Å²) in [5.41, 5.74) is 3.26. The van der Waals surface area contributed by atoms with Crippen LogP contribution in [0.3, 0.4) is 0 Å². The number of hydrogen-bond donors (Lipinski definition) is 2. The Balaban J connectivity index is 2.15. The Bertz CT molecular complexity index is 604. The van der Waals surface area contributed by atoms with E-state index in [4.69, 9.17) is 0 Å². The predicted molar refractivity (Wildman–Crippen MR) is 101 cm³/mol. The second-order valence-electron chi connectivity index (χ2n) is 4.58. The molecule has 5 heteroatoms. The second kappa shape index (κ2) is 7.98. The highest BCUT2D eigenvalue weighted by molar-refractivity contribution is 14.1. The van der Waals surface area contributed by atoms with Crippen LogP contribution in [0.5, 0.6) is 5.75 Å². The fourth-order valence-electron chi connectivity index (χ4n) is 1.98. The molecule has 2 N–H and O–H groups in total. The Morgan fingerprint density at radius 2 is 1.62 bits per heavy atom. The average molecular weight is 507 g/mol. The van der Waals surface area contributed by atoms with E-state index in [-0.39, 0.29) is 5.91 Å². The van der Waals surface area contributed by atoms with Crippen molar-refractivity contribution in [2.24, 2.45) is 0 Å². The molecule has 0 unspecified atom stereocenters. The summed E-state index contributed by atoms with van der Waals surface area (Å²) < 4.78 is 1.35. The molecule has 0 saturated carbocycles. The Hall–Kier alpha value is -0.830. The Kier molecular flexibility index (Phi) is 6.28. The van der Waals surface area contributed by atoms with Crippen LogP contribution < -0.4 is 5.32 Å².